The molecule has 0 amide bonds. The molecule has 0 aromatic heterocycles. The maximum atomic E-state index is 5.93. The van der Waals surface area contributed by atoms with Gasteiger partial charge in [0.2, 0.25) is 0 Å². The fourth-order valence-electron chi connectivity index (χ4n) is 3.13. The van der Waals surface area contributed by atoms with Crippen LogP contribution in [0, 0.1) is 11.8 Å². The molecule has 19 heavy (non-hydrogen) atoms. The predicted octanol–water partition coefficient (Wildman–Crippen LogP) is 2.51. The molecule has 0 atom stereocenters. The Kier molecular flexibility index (Phi) is 5.67. The Hall–Kier alpha value is -0.120. The number of piperidine rings is 2. The van der Waals surface area contributed by atoms with Gasteiger partial charge in [-0.2, -0.15) is 0 Å². The molecule has 0 bridgehead atoms. The zero-order chi connectivity index (χ0) is 13.7. The van der Waals surface area contributed by atoms with Gasteiger partial charge in [-0.15, -0.1) is 0 Å². The minimum absolute atomic E-state index is 0.0201. The second kappa shape index (κ2) is 7.05. The first-order chi connectivity index (χ1) is 9.03. The molecule has 0 aromatic carbocycles. The average molecular weight is 268 g/mol. The largest absolute Gasteiger partial charge is 0.376 e. The van der Waals surface area contributed by atoms with Gasteiger partial charge in [-0.3, -0.25) is 0 Å². The van der Waals surface area contributed by atoms with E-state index in [-0.39, 0.29) is 5.60 Å². The Balaban J connectivity index is 1.62. The third-order valence-electron chi connectivity index (χ3n) is 4.43. The van der Waals surface area contributed by atoms with E-state index in [2.05, 4.69) is 31.0 Å². The van der Waals surface area contributed by atoms with Gasteiger partial charge in [0, 0.05) is 6.54 Å². The first-order valence-corrected chi connectivity index (χ1v) is 8.10. The number of ether oxygens (including phenoxy) is 1. The molecule has 0 aliphatic carbocycles. The number of nitrogens with zero attached hydrogens (tertiary/aromatic N) is 1. The van der Waals surface area contributed by atoms with Crippen molar-refractivity contribution in [3.63, 3.8) is 0 Å². The zero-order valence-corrected chi connectivity index (χ0v) is 13.1. The second-order valence-electron chi connectivity index (χ2n) is 7.36. The highest BCUT2D eigenvalue weighted by Crippen LogP contribution is 2.22. The fraction of sp³-hybridized carbons (Fsp3) is 1.00. The second-order valence-corrected chi connectivity index (χ2v) is 7.36. The predicted molar refractivity (Wildman–Crippen MR) is 80.5 cm³/mol. The molecule has 0 saturated carbocycles. The third-order valence-corrected chi connectivity index (χ3v) is 4.43. The van der Waals surface area contributed by atoms with E-state index in [1.54, 1.807) is 0 Å². The molecular weight excluding hydrogens is 236 g/mol. The van der Waals surface area contributed by atoms with Gasteiger partial charge >= 0.3 is 0 Å². The molecule has 3 nitrogen and oxygen atoms in total. The van der Waals surface area contributed by atoms with Gasteiger partial charge in [0.05, 0.1) is 12.2 Å². The molecule has 2 aliphatic rings. The first kappa shape index (κ1) is 15.3. The summed E-state index contributed by atoms with van der Waals surface area (Å²) >= 11 is 0. The summed E-state index contributed by atoms with van der Waals surface area (Å²) in [5.74, 6) is 1.71. The third kappa shape index (κ3) is 5.80. The molecule has 2 heterocycles. The Morgan fingerprint density at radius 3 is 2.21 bits per heavy atom. The molecule has 0 spiro atoms. The van der Waals surface area contributed by atoms with E-state index in [0.29, 0.717) is 0 Å². The van der Waals surface area contributed by atoms with Crippen LogP contribution in [0.15, 0.2) is 0 Å². The minimum Gasteiger partial charge on any atom is -0.376 e. The Bertz CT molecular complexity index is 248. The molecule has 3 heteroatoms. The quantitative estimate of drug-likeness (QED) is 0.848. The number of likely N-dealkylation sites (tertiary alicyclic amines) is 1. The van der Waals surface area contributed by atoms with Crippen LogP contribution in [0.1, 0.15) is 46.5 Å². The van der Waals surface area contributed by atoms with Crippen LogP contribution >= 0.6 is 0 Å². The Labute approximate surface area is 119 Å². The lowest BCUT2D eigenvalue weighted by Gasteiger charge is -2.36. The fourth-order valence-corrected chi connectivity index (χ4v) is 3.13. The van der Waals surface area contributed by atoms with Gasteiger partial charge in [-0.25, -0.2) is 0 Å². The van der Waals surface area contributed by atoms with Crippen molar-refractivity contribution in [1.29, 1.82) is 0 Å². The molecule has 0 unspecified atom stereocenters. The summed E-state index contributed by atoms with van der Waals surface area (Å²) in [5.41, 5.74) is 0.0201. The number of hydrogen-bond donors (Lipinski definition) is 1. The van der Waals surface area contributed by atoms with E-state index < -0.39 is 0 Å². The first-order valence-electron chi connectivity index (χ1n) is 8.10. The van der Waals surface area contributed by atoms with Gasteiger partial charge in [-0.1, -0.05) is 0 Å². The maximum Gasteiger partial charge on any atom is 0.0598 e. The van der Waals surface area contributed by atoms with Crippen LogP contribution in [0.3, 0.4) is 0 Å². The summed E-state index contributed by atoms with van der Waals surface area (Å²) in [7, 11) is 0. The molecule has 2 fully saturated rings. The summed E-state index contributed by atoms with van der Waals surface area (Å²) in [5, 5.41) is 3.45. The Morgan fingerprint density at radius 2 is 1.63 bits per heavy atom. The van der Waals surface area contributed by atoms with Crippen molar-refractivity contribution in [2.45, 2.75) is 52.1 Å². The SMILES string of the molecule is CC(C)(C)OCC1CCN(CC2CCNCC2)CC1. The van der Waals surface area contributed by atoms with Crippen LogP contribution in [0.25, 0.3) is 0 Å². The van der Waals surface area contributed by atoms with Crippen LogP contribution in [-0.2, 0) is 4.74 Å². The number of nitrogens with one attached hydrogen (secondary N) is 1. The zero-order valence-electron chi connectivity index (χ0n) is 13.1. The van der Waals surface area contributed by atoms with Crippen LogP contribution in [0.5, 0.6) is 0 Å². The monoisotopic (exact) mass is 268 g/mol. The minimum atomic E-state index is 0.0201. The van der Waals surface area contributed by atoms with Crippen molar-refractivity contribution in [2.75, 3.05) is 39.3 Å². The highest BCUT2D eigenvalue weighted by Gasteiger charge is 2.23. The molecule has 2 saturated heterocycles. The van der Waals surface area contributed by atoms with Crippen LogP contribution in [0.4, 0.5) is 0 Å². The summed E-state index contributed by atoms with van der Waals surface area (Å²) in [6, 6.07) is 0. The highest BCUT2D eigenvalue weighted by atomic mass is 16.5. The van der Waals surface area contributed by atoms with Gasteiger partial charge in [0.15, 0.2) is 0 Å². The van der Waals surface area contributed by atoms with Crippen LogP contribution in [0.2, 0.25) is 0 Å². The molecule has 1 N–H and O–H groups in total. The molecule has 112 valence electrons. The molecular formula is C16H32N2O. The van der Waals surface area contributed by atoms with E-state index in [4.69, 9.17) is 4.74 Å². The molecule has 2 rings (SSSR count). The molecule has 0 radical (unpaired) electrons. The lowest BCUT2D eigenvalue weighted by atomic mass is 9.93. The van der Waals surface area contributed by atoms with Gasteiger partial charge < -0.3 is 15.0 Å². The van der Waals surface area contributed by atoms with E-state index in [9.17, 15) is 0 Å². The Morgan fingerprint density at radius 1 is 1.00 bits per heavy atom. The molecule has 2 aliphatic heterocycles. The van der Waals surface area contributed by atoms with Gasteiger partial charge in [0.25, 0.3) is 0 Å². The van der Waals surface area contributed by atoms with E-state index >= 15 is 0 Å². The molecule has 0 aromatic rings. The summed E-state index contributed by atoms with van der Waals surface area (Å²) in [6.07, 6.45) is 5.38. The van der Waals surface area contributed by atoms with Crippen molar-refractivity contribution in [2.24, 2.45) is 11.8 Å². The summed E-state index contributed by atoms with van der Waals surface area (Å²) in [6.45, 7) is 13.7. The lowest BCUT2D eigenvalue weighted by molar-refractivity contribution is -0.0332. The van der Waals surface area contributed by atoms with Gasteiger partial charge in [0.1, 0.15) is 0 Å². The van der Waals surface area contributed by atoms with E-state index in [1.807, 2.05) is 0 Å². The smallest absolute Gasteiger partial charge is 0.0598 e. The standard InChI is InChI=1S/C16H32N2O/c1-16(2,3)19-13-15-6-10-18(11-7-15)12-14-4-8-17-9-5-14/h14-15,17H,4-13H2,1-3H3. The normalized spacial score (nSPS) is 24.8. The van der Waals surface area contributed by atoms with Crippen LogP contribution < -0.4 is 5.32 Å². The van der Waals surface area contributed by atoms with Crippen LogP contribution in [-0.4, -0.2) is 49.8 Å². The summed E-state index contributed by atoms with van der Waals surface area (Å²) < 4.78 is 5.93. The van der Waals surface area contributed by atoms with Crippen molar-refractivity contribution >= 4 is 0 Å². The number of rotatable bonds is 4. The van der Waals surface area contributed by atoms with Crippen molar-refractivity contribution in [3.05, 3.63) is 0 Å². The maximum absolute atomic E-state index is 5.93. The van der Waals surface area contributed by atoms with E-state index in [1.165, 1.54) is 58.4 Å². The van der Waals surface area contributed by atoms with Crippen molar-refractivity contribution < 1.29 is 4.74 Å². The highest BCUT2D eigenvalue weighted by molar-refractivity contribution is 4.77. The summed E-state index contributed by atoms with van der Waals surface area (Å²) in [4.78, 5) is 2.68. The number of hydrogen-bond acceptors (Lipinski definition) is 3. The van der Waals surface area contributed by atoms with Crippen molar-refractivity contribution in [3.8, 4) is 0 Å². The topological polar surface area (TPSA) is 24.5 Å². The average Bonchev–Trinajstić information content (AvgIpc) is 2.38. The lowest BCUT2D eigenvalue weighted by Crippen LogP contribution is -2.41. The van der Waals surface area contributed by atoms with Crippen molar-refractivity contribution in [1.82, 2.24) is 10.2 Å². The van der Waals surface area contributed by atoms with Gasteiger partial charge in [-0.05, 0) is 84.5 Å². The van der Waals surface area contributed by atoms with E-state index in [0.717, 1.165) is 18.4 Å².